The van der Waals surface area contributed by atoms with Crippen molar-refractivity contribution in [3.63, 3.8) is 0 Å². The summed E-state index contributed by atoms with van der Waals surface area (Å²) in [6, 6.07) is 28.9. The average Bonchev–Trinajstić information content (AvgIpc) is 2.69. The molecule has 3 atom stereocenters. The van der Waals surface area contributed by atoms with Crippen LogP contribution in [0.25, 0.3) is 0 Å². The van der Waals surface area contributed by atoms with Crippen molar-refractivity contribution in [3.8, 4) is 0 Å². The van der Waals surface area contributed by atoms with Gasteiger partial charge in [0.05, 0.1) is 6.04 Å². The SMILES string of the molecule is CO[C@H](c1ccccc1)[C@@H](N[C@H](C)c1ccc(Cl)cc1)c1ccccc1. The minimum absolute atomic E-state index is 0.0225. The maximum atomic E-state index is 6.03. The minimum atomic E-state index is -0.0895. The van der Waals surface area contributed by atoms with E-state index in [9.17, 15) is 0 Å². The molecule has 0 unspecified atom stereocenters. The lowest BCUT2D eigenvalue weighted by Gasteiger charge is -2.31. The van der Waals surface area contributed by atoms with Crippen molar-refractivity contribution in [2.45, 2.75) is 25.1 Å². The summed E-state index contributed by atoms with van der Waals surface area (Å²) in [6.45, 7) is 2.16. The standard InChI is InChI=1S/C23H24ClNO/c1-17(18-13-15-21(24)16-14-18)25-22(19-9-5-3-6-10-19)23(26-2)20-11-7-4-8-12-20/h3-17,22-23,25H,1-2H3/t17-,22+,23-/m1/s1. The predicted molar refractivity (Wildman–Crippen MR) is 108 cm³/mol. The van der Waals surface area contributed by atoms with Crippen molar-refractivity contribution in [3.05, 3.63) is 107 Å². The highest BCUT2D eigenvalue weighted by molar-refractivity contribution is 6.30. The van der Waals surface area contributed by atoms with E-state index in [1.807, 2.05) is 36.4 Å². The van der Waals surface area contributed by atoms with Gasteiger partial charge < -0.3 is 10.1 Å². The summed E-state index contributed by atoms with van der Waals surface area (Å²) in [5.41, 5.74) is 3.54. The van der Waals surface area contributed by atoms with Gasteiger partial charge in [-0.05, 0) is 35.7 Å². The molecule has 3 aromatic rings. The lowest BCUT2D eigenvalue weighted by Crippen LogP contribution is -2.30. The largest absolute Gasteiger partial charge is 0.375 e. The summed E-state index contributed by atoms with van der Waals surface area (Å²) >= 11 is 6.03. The second-order valence-electron chi connectivity index (χ2n) is 6.40. The zero-order chi connectivity index (χ0) is 18.4. The molecule has 1 N–H and O–H groups in total. The average molecular weight is 366 g/mol. The molecular weight excluding hydrogens is 342 g/mol. The van der Waals surface area contributed by atoms with Crippen LogP contribution in [0.4, 0.5) is 0 Å². The topological polar surface area (TPSA) is 21.3 Å². The summed E-state index contributed by atoms with van der Waals surface area (Å²) < 4.78 is 5.93. The first-order valence-corrected chi connectivity index (χ1v) is 9.21. The van der Waals surface area contributed by atoms with Crippen LogP contribution in [0, 0.1) is 0 Å². The molecule has 0 amide bonds. The Kier molecular flexibility index (Phi) is 6.45. The summed E-state index contributed by atoms with van der Waals surface area (Å²) in [5, 5.41) is 4.50. The maximum Gasteiger partial charge on any atom is 0.102 e. The summed E-state index contributed by atoms with van der Waals surface area (Å²) in [6.07, 6.45) is -0.0895. The maximum absolute atomic E-state index is 6.03. The third-order valence-corrected chi connectivity index (χ3v) is 4.90. The summed E-state index contributed by atoms with van der Waals surface area (Å²) in [7, 11) is 1.77. The Hall–Kier alpha value is -2.13. The van der Waals surface area contributed by atoms with Crippen LogP contribution in [0.1, 0.15) is 41.8 Å². The highest BCUT2D eigenvalue weighted by atomic mass is 35.5. The molecule has 134 valence electrons. The Morgan fingerprint density at radius 1 is 0.731 bits per heavy atom. The van der Waals surface area contributed by atoms with Gasteiger partial charge in [-0.1, -0.05) is 84.4 Å². The van der Waals surface area contributed by atoms with Crippen molar-refractivity contribution in [2.24, 2.45) is 0 Å². The van der Waals surface area contributed by atoms with Gasteiger partial charge in [0, 0.05) is 18.2 Å². The van der Waals surface area contributed by atoms with E-state index in [0.29, 0.717) is 0 Å². The highest BCUT2D eigenvalue weighted by Crippen LogP contribution is 2.33. The zero-order valence-electron chi connectivity index (χ0n) is 15.1. The van der Waals surface area contributed by atoms with Crippen molar-refractivity contribution >= 4 is 11.6 Å². The van der Waals surface area contributed by atoms with E-state index in [4.69, 9.17) is 16.3 Å². The van der Waals surface area contributed by atoms with E-state index in [-0.39, 0.29) is 18.2 Å². The number of nitrogens with one attached hydrogen (secondary N) is 1. The smallest absolute Gasteiger partial charge is 0.102 e. The van der Waals surface area contributed by atoms with Gasteiger partial charge in [-0.2, -0.15) is 0 Å². The van der Waals surface area contributed by atoms with Gasteiger partial charge >= 0.3 is 0 Å². The zero-order valence-corrected chi connectivity index (χ0v) is 15.9. The lowest BCUT2D eigenvalue weighted by molar-refractivity contribution is 0.0637. The molecule has 0 heterocycles. The molecule has 0 saturated carbocycles. The van der Waals surface area contributed by atoms with Gasteiger partial charge in [0.1, 0.15) is 6.10 Å². The highest BCUT2D eigenvalue weighted by Gasteiger charge is 2.26. The fraction of sp³-hybridized carbons (Fsp3) is 0.217. The number of hydrogen-bond acceptors (Lipinski definition) is 2. The molecule has 3 aromatic carbocycles. The van der Waals surface area contributed by atoms with Crippen LogP contribution in [0.2, 0.25) is 5.02 Å². The number of halogens is 1. The van der Waals surface area contributed by atoms with Crippen LogP contribution >= 0.6 is 11.6 Å². The quantitative estimate of drug-likeness (QED) is 0.544. The van der Waals surface area contributed by atoms with Crippen molar-refractivity contribution in [1.82, 2.24) is 5.32 Å². The minimum Gasteiger partial charge on any atom is -0.375 e. The molecule has 0 radical (unpaired) electrons. The Bertz CT molecular complexity index is 789. The Morgan fingerprint density at radius 2 is 1.27 bits per heavy atom. The van der Waals surface area contributed by atoms with Crippen molar-refractivity contribution < 1.29 is 4.74 Å². The molecule has 0 aliphatic heterocycles. The Labute approximate surface area is 160 Å². The normalized spacial score (nSPS) is 14.6. The van der Waals surface area contributed by atoms with Crippen LogP contribution in [-0.2, 0) is 4.74 Å². The monoisotopic (exact) mass is 365 g/mol. The fourth-order valence-corrected chi connectivity index (χ4v) is 3.37. The first-order chi connectivity index (χ1) is 12.7. The molecule has 26 heavy (non-hydrogen) atoms. The second-order valence-corrected chi connectivity index (χ2v) is 6.83. The number of ether oxygens (including phenoxy) is 1. The molecule has 0 aliphatic carbocycles. The summed E-state index contributed by atoms with van der Waals surface area (Å²) in [5.74, 6) is 0. The van der Waals surface area contributed by atoms with E-state index < -0.39 is 0 Å². The van der Waals surface area contributed by atoms with Crippen LogP contribution in [0.5, 0.6) is 0 Å². The third-order valence-electron chi connectivity index (χ3n) is 4.64. The first kappa shape index (κ1) is 18.7. The molecule has 2 nitrogen and oxygen atoms in total. The first-order valence-electron chi connectivity index (χ1n) is 8.83. The van der Waals surface area contributed by atoms with Crippen molar-refractivity contribution in [2.75, 3.05) is 7.11 Å². The fourth-order valence-electron chi connectivity index (χ4n) is 3.24. The summed E-state index contributed by atoms with van der Waals surface area (Å²) in [4.78, 5) is 0. The van der Waals surface area contributed by atoms with Gasteiger partial charge in [-0.25, -0.2) is 0 Å². The number of hydrogen-bond donors (Lipinski definition) is 1. The number of benzene rings is 3. The number of rotatable bonds is 7. The number of methoxy groups -OCH3 is 1. The van der Waals surface area contributed by atoms with E-state index in [1.54, 1.807) is 7.11 Å². The lowest BCUT2D eigenvalue weighted by atomic mass is 9.94. The van der Waals surface area contributed by atoms with E-state index in [0.717, 1.165) is 10.6 Å². The molecule has 0 saturated heterocycles. The van der Waals surface area contributed by atoms with Gasteiger partial charge in [0.25, 0.3) is 0 Å². The second kappa shape index (κ2) is 9.00. The molecule has 3 heteroatoms. The molecule has 0 aliphatic rings. The van der Waals surface area contributed by atoms with Gasteiger partial charge in [-0.15, -0.1) is 0 Å². The van der Waals surface area contributed by atoms with Gasteiger partial charge in [0.2, 0.25) is 0 Å². The molecule has 0 fully saturated rings. The predicted octanol–water partition coefficient (Wildman–Crippen LogP) is 6.12. The third kappa shape index (κ3) is 4.53. The van der Waals surface area contributed by atoms with Crippen LogP contribution in [0.3, 0.4) is 0 Å². The van der Waals surface area contributed by atoms with Gasteiger partial charge in [0.15, 0.2) is 0 Å². The van der Waals surface area contributed by atoms with E-state index in [1.165, 1.54) is 11.1 Å². The van der Waals surface area contributed by atoms with Crippen LogP contribution in [0.15, 0.2) is 84.9 Å². The van der Waals surface area contributed by atoms with Crippen molar-refractivity contribution in [1.29, 1.82) is 0 Å². The van der Waals surface area contributed by atoms with E-state index >= 15 is 0 Å². The molecule has 0 aromatic heterocycles. The van der Waals surface area contributed by atoms with Crippen LogP contribution in [-0.4, -0.2) is 7.11 Å². The Morgan fingerprint density at radius 3 is 1.81 bits per heavy atom. The van der Waals surface area contributed by atoms with E-state index in [2.05, 4.69) is 60.8 Å². The molecular formula is C23H24ClNO. The molecule has 0 bridgehead atoms. The van der Waals surface area contributed by atoms with Gasteiger partial charge in [-0.3, -0.25) is 0 Å². The molecule has 3 rings (SSSR count). The van der Waals surface area contributed by atoms with Crippen LogP contribution < -0.4 is 5.32 Å². The molecule has 0 spiro atoms. The Balaban J connectivity index is 1.92.